The van der Waals surface area contributed by atoms with Crippen LogP contribution in [-0.4, -0.2) is 19.2 Å². The van der Waals surface area contributed by atoms with Gasteiger partial charge in [-0.15, -0.1) is 0 Å². The molecule has 0 spiro atoms. The number of nitrogens with zero attached hydrogens (tertiary/aromatic N) is 1. The summed E-state index contributed by atoms with van der Waals surface area (Å²) >= 11 is 0. The second kappa shape index (κ2) is 9.75. The first kappa shape index (κ1) is 23.6. The van der Waals surface area contributed by atoms with Crippen molar-refractivity contribution in [1.82, 2.24) is 4.98 Å². The van der Waals surface area contributed by atoms with Crippen LogP contribution in [0.5, 0.6) is 0 Å². The number of aromatic nitrogens is 1. The van der Waals surface area contributed by atoms with Gasteiger partial charge >= 0.3 is 0 Å². The van der Waals surface area contributed by atoms with Crippen LogP contribution in [-0.2, 0) is 22.3 Å². The number of pyridine rings is 1. The van der Waals surface area contributed by atoms with Crippen molar-refractivity contribution in [3.05, 3.63) is 76.4 Å². The Labute approximate surface area is 199 Å². The fourth-order valence-corrected chi connectivity index (χ4v) is 5.25. The first-order chi connectivity index (χ1) is 15.9. The maximum atomic E-state index is 5.56. The first-order valence-corrected chi connectivity index (χ1v) is 12.5. The molecule has 0 aliphatic heterocycles. The molecule has 176 valence electrons. The van der Waals surface area contributed by atoms with Crippen LogP contribution in [0.15, 0.2) is 54.0 Å². The molecule has 3 heteroatoms. The minimum atomic E-state index is 0.377. The van der Waals surface area contributed by atoms with Crippen molar-refractivity contribution in [3.63, 3.8) is 0 Å². The van der Waals surface area contributed by atoms with E-state index in [-0.39, 0.29) is 0 Å². The Morgan fingerprint density at radius 1 is 1.06 bits per heavy atom. The number of benzene rings is 1. The first-order valence-electron chi connectivity index (χ1n) is 12.5. The fourth-order valence-electron chi connectivity index (χ4n) is 5.25. The summed E-state index contributed by atoms with van der Waals surface area (Å²) < 4.78 is 11.1. The minimum absolute atomic E-state index is 0.377. The molecule has 2 aliphatic rings. The Bertz CT molecular complexity index is 1080. The van der Waals surface area contributed by atoms with Crippen LogP contribution in [0.2, 0.25) is 0 Å². The Kier molecular flexibility index (Phi) is 6.97. The maximum absolute atomic E-state index is 5.56. The van der Waals surface area contributed by atoms with E-state index in [2.05, 4.69) is 64.6 Å². The Morgan fingerprint density at radius 2 is 1.73 bits per heavy atom. The highest BCUT2D eigenvalue weighted by atomic mass is 16.5. The SMILES string of the molecule is C=C(Cc1cc(C2C3C=C(OC)C(OC)=CC32)nc2c(C)cc(CCCC)cc12)[C@H](C)CC. The summed E-state index contributed by atoms with van der Waals surface area (Å²) in [6.07, 6.45) is 10.0. The molecule has 1 fully saturated rings. The molecule has 2 aliphatic carbocycles. The molecule has 0 N–H and O–H groups in total. The molecule has 33 heavy (non-hydrogen) atoms. The Balaban J connectivity index is 1.77. The highest BCUT2D eigenvalue weighted by Gasteiger charge is 2.52. The number of unbranched alkanes of at least 4 members (excludes halogenated alkanes) is 1. The van der Waals surface area contributed by atoms with Gasteiger partial charge in [-0.25, -0.2) is 0 Å². The van der Waals surface area contributed by atoms with E-state index < -0.39 is 0 Å². The van der Waals surface area contributed by atoms with Crippen molar-refractivity contribution in [2.24, 2.45) is 17.8 Å². The summed E-state index contributed by atoms with van der Waals surface area (Å²) in [5.74, 6) is 3.43. The highest BCUT2D eigenvalue weighted by Crippen LogP contribution is 2.58. The molecular weight excluding hydrogens is 406 g/mol. The van der Waals surface area contributed by atoms with E-state index >= 15 is 0 Å². The van der Waals surface area contributed by atoms with E-state index in [9.17, 15) is 0 Å². The standard InChI is InChI=1S/C30H39NO2/c1-8-10-11-21-12-20(5)30-23(14-21)22(13-19(4)18(3)9-2)15-26(31-30)29-24-16-27(32-6)28(33-7)17-25(24)29/h12,14-18,24-25,29H,4,8-11,13H2,1-3,5-7H3/t18-,24?,25?,29?/m1/s1. The van der Waals surface area contributed by atoms with Gasteiger partial charge in [0.2, 0.25) is 0 Å². The van der Waals surface area contributed by atoms with Crippen molar-refractivity contribution < 1.29 is 9.47 Å². The lowest BCUT2D eigenvalue weighted by atomic mass is 9.90. The number of fused-ring (bicyclic) bond motifs is 2. The number of ether oxygens (including phenoxy) is 2. The summed E-state index contributed by atoms with van der Waals surface area (Å²) in [6, 6.07) is 7.09. The normalized spacial score (nSPS) is 22.3. The summed E-state index contributed by atoms with van der Waals surface area (Å²) in [4.78, 5) is 5.25. The summed E-state index contributed by atoms with van der Waals surface area (Å²) in [5, 5.41) is 1.30. The predicted octanol–water partition coefficient (Wildman–Crippen LogP) is 7.43. The molecule has 3 atom stereocenters. The highest BCUT2D eigenvalue weighted by molar-refractivity contribution is 5.86. The number of methoxy groups -OCH3 is 2. The smallest absolute Gasteiger partial charge is 0.156 e. The number of allylic oxidation sites excluding steroid dienone is 3. The van der Waals surface area contributed by atoms with Crippen molar-refractivity contribution in [3.8, 4) is 0 Å². The zero-order chi connectivity index (χ0) is 23.7. The van der Waals surface area contributed by atoms with Gasteiger partial charge in [0.15, 0.2) is 11.5 Å². The third kappa shape index (κ3) is 4.60. The zero-order valence-corrected chi connectivity index (χ0v) is 21.2. The molecular formula is C30H39NO2. The number of aryl methyl sites for hydroxylation is 2. The predicted molar refractivity (Wildman–Crippen MR) is 137 cm³/mol. The van der Waals surface area contributed by atoms with Gasteiger partial charge in [-0.3, -0.25) is 4.98 Å². The van der Waals surface area contributed by atoms with E-state index in [4.69, 9.17) is 14.5 Å². The quantitative estimate of drug-likeness (QED) is 0.356. The van der Waals surface area contributed by atoms with Crippen LogP contribution in [0.4, 0.5) is 0 Å². The zero-order valence-electron chi connectivity index (χ0n) is 21.2. The van der Waals surface area contributed by atoms with Gasteiger partial charge < -0.3 is 9.47 Å². The van der Waals surface area contributed by atoms with Crippen LogP contribution < -0.4 is 0 Å². The molecule has 3 nitrogen and oxygen atoms in total. The fraction of sp³-hybridized carbons (Fsp3) is 0.500. The van der Waals surface area contributed by atoms with Crippen LogP contribution >= 0.6 is 0 Å². The van der Waals surface area contributed by atoms with E-state index in [0.717, 1.165) is 36.3 Å². The molecule has 1 heterocycles. The molecule has 0 bridgehead atoms. The van der Waals surface area contributed by atoms with Gasteiger partial charge in [-0.2, -0.15) is 0 Å². The van der Waals surface area contributed by atoms with E-state index in [1.54, 1.807) is 14.2 Å². The lowest BCUT2D eigenvalue weighted by molar-refractivity contribution is 0.215. The van der Waals surface area contributed by atoms with Crippen molar-refractivity contribution >= 4 is 10.9 Å². The van der Waals surface area contributed by atoms with E-state index in [0.29, 0.717) is 23.7 Å². The second-order valence-electron chi connectivity index (χ2n) is 9.91. The van der Waals surface area contributed by atoms with Gasteiger partial charge in [-0.05, 0) is 91.3 Å². The van der Waals surface area contributed by atoms with Gasteiger partial charge in [0.05, 0.1) is 19.7 Å². The molecule has 0 amide bonds. The van der Waals surface area contributed by atoms with Crippen molar-refractivity contribution in [2.45, 2.75) is 65.7 Å². The van der Waals surface area contributed by atoms with E-state index in [1.165, 1.54) is 46.2 Å². The van der Waals surface area contributed by atoms with Gasteiger partial charge in [0, 0.05) is 17.0 Å². The van der Waals surface area contributed by atoms with Crippen LogP contribution in [0.25, 0.3) is 10.9 Å². The Morgan fingerprint density at radius 3 is 2.30 bits per heavy atom. The molecule has 2 aromatic rings. The van der Waals surface area contributed by atoms with Gasteiger partial charge in [0.25, 0.3) is 0 Å². The molecule has 1 aromatic heterocycles. The van der Waals surface area contributed by atoms with Crippen molar-refractivity contribution in [2.75, 3.05) is 14.2 Å². The third-order valence-electron chi connectivity index (χ3n) is 7.66. The van der Waals surface area contributed by atoms with Gasteiger partial charge in [0.1, 0.15) is 0 Å². The van der Waals surface area contributed by atoms with E-state index in [1.807, 2.05) is 0 Å². The number of rotatable bonds is 10. The van der Waals surface area contributed by atoms with Gasteiger partial charge in [-0.1, -0.05) is 45.4 Å². The molecule has 1 aromatic carbocycles. The Hall–Kier alpha value is -2.55. The molecule has 2 unspecified atom stereocenters. The van der Waals surface area contributed by atoms with Crippen LogP contribution in [0.3, 0.4) is 0 Å². The maximum Gasteiger partial charge on any atom is 0.156 e. The largest absolute Gasteiger partial charge is 0.493 e. The number of hydrogen-bond donors (Lipinski definition) is 0. The average molecular weight is 446 g/mol. The monoisotopic (exact) mass is 445 g/mol. The molecule has 0 radical (unpaired) electrons. The molecule has 4 rings (SSSR count). The lowest BCUT2D eigenvalue weighted by Gasteiger charge is -2.17. The second-order valence-corrected chi connectivity index (χ2v) is 9.91. The van der Waals surface area contributed by atoms with Crippen LogP contribution in [0.1, 0.15) is 68.3 Å². The van der Waals surface area contributed by atoms with Crippen molar-refractivity contribution in [1.29, 1.82) is 0 Å². The summed E-state index contributed by atoms with van der Waals surface area (Å²) in [5.41, 5.74) is 7.72. The lowest BCUT2D eigenvalue weighted by Crippen LogP contribution is -2.04. The molecule has 0 saturated heterocycles. The third-order valence-corrected chi connectivity index (χ3v) is 7.66. The minimum Gasteiger partial charge on any atom is -0.493 e. The topological polar surface area (TPSA) is 31.4 Å². The summed E-state index contributed by atoms with van der Waals surface area (Å²) in [6.45, 7) is 13.5. The average Bonchev–Trinajstić information content (AvgIpc) is 3.54. The van der Waals surface area contributed by atoms with Crippen LogP contribution in [0, 0.1) is 24.7 Å². The molecule has 1 saturated carbocycles. The number of hydrogen-bond acceptors (Lipinski definition) is 3. The summed E-state index contributed by atoms with van der Waals surface area (Å²) in [7, 11) is 3.42.